The van der Waals surface area contributed by atoms with Gasteiger partial charge in [0.2, 0.25) is 0 Å². The van der Waals surface area contributed by atoms with E-state index in [-0.39, 0.29) is 23.7 Å². The summed E-state index contributed by atoms with van der Waals surface area (Å²) in [7, 11) is 1.42. The Morgan fingerprint density at radius 3 is 2.16 bits per heavy atom. The fourth-order valence-electron chi connectivity index (χ4n) is 3.46. The van der Waals surface area contributed by atoms with Crippen molar-refractivity contribution < 1.29 is 32.2 Å². The Balaban J connectivity index is 1.55. The van der Waals surface area contributed by atoms with E-state index in [9.17, 15) is 22.8 Å². The van der Waals surface area contributed by atoms with Crippen LogP contribution in [-0.4, -0.2) is 18.7 Å². The van der Waals surface area contributed by atoms with E-state index < -0.39 is 11.7 Å². The van der Waals surface area contributed by atoms with Gasteiger partial charge in [-0.05, 0) is 41.5 Å². The van der Waals surface area contributed by atoms with Gasteiger partial charge in [0.25, 0.3) is 0 Å². The third kappa shape index (κ3) is 4.14. The Hall–Kier alpha value is -3.87. The lowest BCUT2D eigenvalue weighted by atomic mass is 10.1. The van der Waals surface area contributed by atoms with E-state index in [1.807, 2.05) is 0 Å². The SMILES string of the molecule is COc1cc(C=C2C(=O)c3ccccc3C2=O)ccc1OCc1cccc(C(F)(F)F)c1. The molecule has 0 unspecified atom stereocenters. The number of ketones is 2. The monoisotopic (exact) mass is 438 g/mol. The van der Waals surface area contributed by atoms with Gasteiger partial charge in [-0.25, -0.2) is 0 Å². The fourth-order valence-corrected chi connectivity index (χ4v) is 3.46. The molecule has 4 nitrogen and oxygen atoms in total. The van der Waals surface area contributed by atoms with Crippen molar-refractivity contribution in [2.75, 3.05) is 7.11 Å². The van der Waals surface area contributed by atoms with Crippen LogP contribution in [0.15, 0.2) is 72.3 Å². The van der Waals surface area contributed by atoms with E-state index in [4.69, 9.17) is 9.47 Å². The summed E-state index contributed by atoms with van der Waals surface area (Å²) in [5, 5.41) is 0. The average Bonchev–Trinajstić information content (AvgIpc) is 3.03. The average molecular weight is 438 g/mol. The summed E-state index contributed by atoms with van der Waals surface area (Å²) >= 11 is 0. The molecular weight excluding hydrogens is 421 g/mol. The Morgan fingerprint density at radius 2 is 1.53 bits per heavy atom. The van der Waals surface area contributed by atoms with Gasteiger partial charge >= 0.3 is 6.18 Å². The largest absolute Gasteiger partial charge is 0.493 e. The van der Waals surface area contributed by atoms with E-state index in [2.05, 4.69) is 0 Å². The second-order valence-electron chi connectivity index (χ2n) is 7.16. The van der Waals surface area contributed by atoms with Crippen LogP contribution in [-0.2, 0) is 12.8 Å². The zero-order valence-corrected chi connectivity index (χ0v) is 16.9. The summed E-state index contributed by atoms with van der Waals surface area (Å²) in [6.07, 6.45) is -2.94. The molecule has 3 aromatic rings. The highest BCUT2D eigenvalue weighted by Crippen LogP contribution is 2.33. The highest BCUT2D eigenvalue weighted by atomic mass is 19.4. The maximum atomic E-state index is 12.9. The lowest BCUT2D eigenvalue weighted by molar-refractivity contribution is -0.137. The van der Waals surface area contributed by atoms with E-state index >= 15 is 0 Å². The summed E-state index contributed by atoms with van der Waals surface area (Å²) in [4.78, 5) is 25.1. The third-order valence-corrected chi connectivity index (χ3v) is 5.05. The molecule has 0 heterocycles. The van der Waals surface area contributed by atoms with Gasteiger partial charge in [0.1, 0.15) is 6.61 Å². The number of rotatable bonds is 5. The molecule has 0 atom stereocenters. The van der Waals surface area contributed by atoms with Crippen LogP contribution in [0.1, 0.15) is 37.4 Å². The van der Waals surface area contributed by atoms with Gasteiger partial charge < -0.3 is 9.47 Å². The molecule has 0 bridgehead atoms. The molecule has 0 amide bonds. The number of hydrogen-bond donors (Lipinski definition) is 0. The number of methoxy groups -OCH3 is 1. The second kappa shape index (κ2) is 8.34. The molecule has 0 saturated carbocycles. The number of halogens is 3. The number of allylic oxidation sites excluding steroid dienone is 1. The minimum atomic E-state index is -4.43. The van der Waals surface area contributed by atoms with Gasteiger partial charge in [-0.1, -0.05) is 42.5 Å². The van der Waals surface area contributed by atoms with Crippen molar-refractivity contribution >= 4 is 17.6 Å². The molecule has 0 radical (unpaired) electrons. The maximum absolute atomic E-state index is 12.9. The van der Waals surface area contributed by atoms with Crippen molar-refractivity contribution in [1.29, 1.82) is 0 Å². The number of Topliss-reactive ketones (excluding diaryl/α,β-unsaturated/α-hetero) is 2. The first-order chi connectivity index (χ1) is 15.3. The van der Waals surface area contributed by atoms with Gasteiger partial charge in [0, 0.05) is 11.1 Å². The Morgan fingerprint density at radius 1 is 0.844 bits per heavy atom. The predicted octanol–water partition coefficient (Wildman–Crippen LogP) is 5.76. The molecule has 162 valence electrons. The quantitative estimate of drug-likeness (QED) is 0.376. The van der Waals surface area contributed by atoms with Crippen molar-refractivity contribution in [1.82, 2.24) is 0 Å². The van der Waals surface area contributed by atoms with Gasteiger partial charge in [-0.2, -0.15) is 13.2 Å². The highest BCUT2D eigenvalue weighted by molar-refractivity contribution is 6.41. The summed E-state index contributed by atoms with van der Waals surface area (Å²) in [6, 6.07) is 16.3. The molecule has 32 heavy (non-hydrogen) atoms. The van der Waals surface area contributed by atoms with Crippen LogP contribution in [0, 0.1) is 0 Å². The summed E-state index contributed by atoms with van der Waals surface area (Å²) in [5.74, 6) is -0.0370. The molecule has 0 saturated heterocycles. The smallest absolute Gasteiger partial charge is 0.416 e. The van der Waals surface area contributed by atoms with Gasteiger partial charge in [-0.15, -0.1) is 0 Å². The van der Waals surface area contributed by atoms with Crippen molar-refractivity contribution in [2.24, 2.45) is 0 Å². The third-order valence-electron chi connectivity index (χ3n) is 5.05. The Labute approximate surface area is 181 Å². The van der Waals surface area contributed by atoms with Gasteiger partial charge in [0.15, 0.2) is 23.1 Å². The second-order valence-corrected chi connectivity index (χ2v) is 7.16. The molecule has 7 heteroatoms. The van der Waals surface area contributed by atoms with Gasteiger partial charge in [0.05, 0.1) is 18.2 Å². The first kappa shape index (κ1) is 21.4. The molecule has 1 aliphatic rings. The van der Waals surface area contributed by atoms with Crippen LogP contribution < -0.4 is 9.47 Å². The number of benzene rings is 3. The fraction of sp³-hybridized carbons (Fsp3) is 0.120. The summed E-state index contributed by atoms with van der Waals surface area (Å²) in [5.41, 5.74) is 0.963. The minimum absolute atomic E-state index is 0.0610. The van der Waals surface area contributed by atoms with E-state index in [1.54, 1.807) is 42.5 Å². The molecule has 0 spiro atoms. The summed E-state index contributed by atoms with van der Waals surface area (Å²) in [6.45, 7) is -0.0903. The van der Waals surface area contributed by atoms with Crippen LogP contribution in [0.3, 0.4) is 0 Å². The van der Waals surface area contributed by atoms with Crippen LogP contribution in [0.2, 0.25) is 0 Å². The normalized spacial score (nSPS) is 13.2. The van der Waals surface area contributed by atoms with Crippen molar-refractivity contribution in [2.45, 2.75) is 12.8 Å². The molecule has 0 aliphatic heterocycles. The zero-order valence-electron chi connectivity index (χ0n) is 16.9. The molecule has 0 aromatic heterocycles. The van der Waals surface area contributed by atoms with Crippen molar-refractivity contribution in [3.8, 4) is 11.5 Å². The zero-order chi connectivity index (χ0) is 22.9. The van der Waals surface area contributed by atoms with E-state index in [0.717, 1.165) is 12.1 Å². The van der Waals surface area contributed by atoms with Crippen molar-refractivity contribution in [3.63, 3.8) is 0 Å². The number of carbonyl (C=O) groups is 2. The maximum Gasteiger partial charge on any atom is 0.416 e. The lowest BCUT2D eigenvalue weighted by Crippen LogP contribution is -2.06. The van der Waals surface area contributed by atoms with Crippen LogP contribution >= 0.6 is 0 Å². The van der Waals surface area contributed by atoms with Crippen LogP contribution in [0.25, 0.3) is 6.08 Å². The standard InChI is InChI=1S/C25H17F3O4/c1-31-22-13-15(12-20-23(29)18-7-2-3-8-19(18)24(20)30)9-10-21(22)32-14-16-5-4-6-17(11-16)25(26,27)28/h2-13H,14H2,1H3. The van der Waals surface area contributed by atoms with Crippen LogP contribution in [0.5, 0.6) is 11.5 Å². The number of carbonyl (C=O) groups excluding carboxylic acids is 2. The predicted molar refractivity (Wildman–Crippen MR) is 112 cm³/mol. The highest BCUT2D eigenvalue weighted by Gasteiger charge is 2.32. The molecule has 4 rings (SSSR count). The summed E-state index contributed by atoms with van der Waals surface area (Å²) < 4.78 is 49.6. The topological polar surface area (TPSA) is 52.6 Å². The van der Waals surface area contributed by atoms with Crippen molar-refractivity contribution in [3.05, 3.63) is 100 Å². The number of hydrogen-bond acceptors (Lipinski definition) is 4. The van der Waals surface area contributed by atoms with Gasteiger partial charge in [-0.3, -0.25) is 9.59 Å². The number of alkyl halides is 3. The Bertz CT molecular complexity index is 1200. The first-order valence-corrected chi connectivity index (χ1v) is 9.65. The number of ether oxygens (including phenoxy) is 2. The molecule has 0 N–H and O–H groups in total. The molecule has 0 fully saturated rings. The van der Waals surface area contributed by atoms with Crippen LogP contribution in [0.4, 0.5) is 13.2 Å². The molecular formula is C25H17F3O4. The van der Waals surface area contributed by atoms with E-state index in [0.29, 0.717) is 33.8 Å². The minimum Gasteiger partial charge on any atom is -0.493 e. The molecule has 1 aliphatic carbocycles. The lowest BCUT2D eigenvalue weighted by Gasteiger charge is -2.13. The number of fused-ring (bicyclic) bond motifs is 1. The first-order valence-electron chi connectivity index (χ1n) is 9.65. The molecule has 3 aromatic carbocycles. The van der Waals surface area contributed by atoms with E-state index in [1.165, 1.54) is 25.3 Å². The Kier molecular flexibility index (Phi) is 5.57.